The van der Waals surface area contributed by atoms with Crippen molar-refractivity contribution in [2.24, 2.45) is 0 Å². The van der Waals surface area contributed by atoms with Crippen molar-refractivity contribution in [2.45, 2.75) is 52.3 Å². The maximum Gasteiger partial charge on any atom is 0.254 e. The molecular formula is C32H32N6O2. The minimum absolute atomic E-state index is 0.125. The van der Waals surface area contributed by atoms with E-state index in [0.29, 0.717) is 43.0 Å². The summed E-state index contributed by atoms with van der Waals surface area (Å²) in [7, 11) is 0. The molecule has 0 spiro atoms. The van der Waals surface area contributed by atoms with Crippen molar-refractivity contribution in [1.82, 2.24) is 19.7 Å². The Kier molecular flexibility index (Phi) is 6.90. The molecule has 0 aliphatic heterocycles. The van der Waals surface area contributed by atoms with Crippen molar-refractivity contribution in [1.29, 1.82) is 0 Å². The molecule has 3 N–H and O–H groups in total. The number of hydrogen-bond donors (Lipinski definition) is 2. The third-order valence-corrected chi connectivity index (χ3v) is 7.64. The molecule has 40 heavy (non-hydrogen) atoms. The second-order valence-electron chi connectivity index (χ2n) is 10.5. The number of aromatic nitrogens is 4. The lowest BCUT2D eigenvalue weighted by Gasteiger charge is -2.15. The van der Waals surface area contributed by atoms with Crippen LogP contribution in [0.5, 0.6) is 5.75 Å². The van der Waals surface area contributed by atoms with Gasteiger partial charge in [0.05, 0.1) is 12.7 Å². The summed E-state index contributed by atoms with van der Waals surface area (Å²) < 4.78 is 7.81. The van der Waals surface area contributed by atoms with Crippen LogP contribution in [0.25, 0.3) is 10.8 Å². The normalized spacial score (nSPS) is 12.9. The van der Waals surface area contributed by atoms with Gasteiger partial charge in [-0.1, -0.05) is 30.3 Å². The van der Waals surface area contributed by atoms with Crippen molar-refractivity contribution >= 4 is 22.4 Å². The smallest absolute Gasteiger partial charge is 0.254 e. The molecule has 8 heteroatoms. The number of nitrogens with one attached hydrogen (secondary N) is 1. The van der Waals surface area contributed by atoms with Crippen LogP contribution in [0.3, 0.4) is 0 Å². The summed E-state index contributed by atoms with van der Waals surface area (Å²) in [6, 6.07) is 18.0. The molecule has 0 unspecified atom stereocenters. The molecule has 0 atom stereocenters. The second-order valence-corrected chi connectivity index (χ2v) is 10.5. The zero-order valence-electron chi connectivity index (χ0n) is 22.7. The Labute approximate surface area is 232 Å². The molecular weight excluding hydrogens is 500 g/mol. The third kappa shape index (κ3) is 5.38. The van der Waals surface area contributed by atoms with Crippen LogP contribution in [0, 0.1) is 13.8 Å². The number of anilines is 2. The SMILES string of the molecule is Cc1cc2c(N)nccc2c(C)c1CNc1cc(OCc2ccc(Cn3cccc(C4CC4)c3=O)cc2)cnn1. The first-order valence-electron chi connectivity index (χ1n) is 13.6. The van der Waals surface area contributed by atoms with E-state index in [1.807, 2.05) is 54.7 Å². The van der Waals surface area contributed by atoms with Crippen LogP contribution in [0.1, 0.15) is 52.1 Å². The fourth-order valence-corrected chi connectivity index (χ4v) is 5.18. The number of nitrogens with zero attached hydrogens (tertiary/aromatic N) is 4. The first-order valence-corrected chi connectivity index (χ1v) is 13.6. The van der Waals surface area contributed by atoms with Crippen LogP contribution in [-0.4, -0.2) is 19.7 Å². The Morgan fingerprint density at radius 3 is 2.65 bits per heavy atom. The van der Waals surface area contributed by atoms with Gasteiger partial charge in [-0.2, -0.15) is 5.10 Å². The number of nitrogens with two attached hydrogens (primary N) is 1. The van der Waals surface area contributed by atoms with E-state index >= 15 is 0 Å². The van der Waals surface area contributed by atoms with E-state index in [-0.39, 0.29) is 5.56 Å². The first-order chi connectivity index (χ1) is 19.5. The molecule has 1 aliphatic carbocycles. The maximum absolute atomic E-state index is 12.8. The molecule has 0 saturated heterocycles. The molecule has 0 radical (unpaired) electrons. The number of fused-ring (bicyclic) bond motifs is 1. The van der Waals surface area contributed by atoms with Crippen molar-refractivity contribution < 1.29 is 4.74 Å². The van der Waals surface area contributed by atoms with Crippen molar-refractivity contribution in [3.05, 3.63) is 117 Å². The molecule has 0 amide bonds. The zero-order valence-corrected chi connectivity index (χ0v) is 22.7. The van der Waals surface area contributed by atoms with Crippen molar-refractivity contribution in [3.63, 3.8) is 0 Å². The van der Waals surface area contributed by atoms with Gasteiger partial charge in [-0.3, -0.25) is 4.79 Å². The molecule has 6 rings (SSSR count). The maximum atomic E-state index is 12.8. The summed E-state index contributed by atoms with van der Waals surface area (Å²) in [6.07, 6.45) is 7.46. The molecule has 1 fully saturated rings. The Morgan fingerprint density at radius 2 is 1.85 bits per heavy atom. The minimum Gasteiger partial charge on any atom is -0.487 e. The summed E-state index contributed by atoms with van der Waals surface area (Å²) >= 11 is 0. The van der Waals surface area contributed by atoms with Crippen molar-refractivity contribution in [3.8, 4) is 5.75 Å². The fraction of sp³-hybridized carbons (Fsp3) is 0.250. The standard InChI is InChI=1S/C32H32N6O2/c1-20-14-28-26(11-12-34-31(28)33)21(2)29(20)17-35-30-15-25(16-36-37-30)40-19-23-7-5-22(6-8-23)18-38-13-3-4-27(32(38)39)24-9-10-24/h3-8,11-16,24H,9-10,17-19H2,1-2H3,(H2,33,34)(H,35,37). The highest BCUT2D eigenvalue weighted by atomic mass is 16.5. The average molecular weight is 533 g/mol. The number of nitrogen functional groups attached to an aromatic ring is 1. The van der Waals surface area contributed by atoms with Crippen LogP contribution < -0.4 is 21.3 Å². The summed E-state index contributed by atoms with van der Waals surface area (Å²) in [5.41, 5.74) is 12.8. The van der Waals surface area contributed by atoms with Crippen LogP contribution in [0.15, 0.2) is 78.0 Å². The molecule has 1 saturated carbocycles. The van der Waals surface area contributed by atoms with Crippen LogP contribution in [0.4, 0.5) is 11.6 Å². The van der Waals surface area contributed by atoms with Gasteiger partial charge in [0.2, 0.25) is 0 Å². The van der Waals surface area contributed by atoms with Gasteiger partial charge >= 0.3 is 0 Å². The molecule has 3 heterocycles. The van der Waals surface area contributed by atoms with Crippen LogP contribution in [0.2, 0.25) is 0 Å². The molecule has 0 bridgehead atoms. The Bertz CT molecular complexity index is 1740. The highest BCUT2D eigenvalue weighted by molar-refractivity contribution is 5.94. The van der Waals surface area contributed by atoms with E-state index in [9.17, 15) is 4.79 Å². The monoisotopic (exact) mass is 532 g/mol. The van der Waals surface area contributed by atoms with Crippen molar-refractivity contribution in [2.75, 3.05) is 11.1 Å². The quantitative estimate of drug-likeness (QED) is 0.258. The number of ether oxygens (including phenoxy) is 1. The Balaban J connectivity index is 1.08. The highest BCUT2D eigenvalue weighted by Crippen LogP contribution is 2.38. The largest absolute Gasteiger partial charge is 0.487 e. The molecule has 5 aromatic rings. The van der Waals surface area contributed by atoms with E-state index in [1.165, 1.54) is 11.1 Å². The number of aryl methyl sites for hydroxylation is 2. The summed E-state index contributed by atoms with van der Waals surface area (Å²) in [5, 5.41) is 13.8. The fourth-order valence-electron chi connectivity index (χ4n) is 5.18. The Hall–Kier alpha value is -4.72. The highest BCUT2D eigenvalue weighted by Gasteiger charge is 2.26. The second kappa shape index (κ2) is 10.8. The number of hydrogen-bond acceptors (Lipinski definition) is 7. The van der Waals surface area contributed by atoms with Gasteiger partial charge in [0.25, 0.3) is 5.56 Å². The topological polar surface area (TPSA) is 108 Å². The molecule has 1 aliphatic rings. The predicted octanol–water partition coefficient (Wildman–Crippen LogP) is 5.50. The zero-order chi connectivity index (χ0) is 27.6. The van der Waals surface area contributed by atoms with E-state index in [4.69, 9.17) is 10.5 Å². The van der Waals surface area contributed by atoms with Crippen LogP contribution in [-0.2, 0) is 19.7 Å². The number of pyridine rings is 2. The van der Waals surface area contributed by atoms with E-state index < -0.39 is 0 Å². The molecule has 202 valence electrons. The van der Waals surface area contributed by atoms with E-state index in [0.717, 1.165) is 45.9 Å². The predicted molar refractivity (Wildman–Crippen MR) is 158 cm³/mol. The lowest BCUT2D eigenvalue weighted by Crippen LogP contribution is -2.23. The lowest BCUT2D eigenvalue weighted by molar-refractivity contribution is 0.304. The van der Waals surface area contributed by atoms with E-state index in [1.54, 1.807) is 17.0 Å². The van der Waals surface area contributed by atoms with Gasteiger partial charge in [-0.05, 0) is 84.0 Å². The summed E-state index contributed by atoms with van der Waals surface area (Å²) in [6.45, 7) is 5.75. The summed E-state index contributed by atoms with van der Waals surface area (Å²) in [5.74, 6) is 2.26. The van der Waals surface area contributed by atoms with Gasteiger partial charge in [-0.15, -0.1) is 5.10 Å². The van der Waals surface area contributed by atoms with Crippen LogP contribution >= 0.6 is 0 Å². The third-order valence-electron chi connectivity index (χ3n) is 7.64. The van der Waals surface area contributed by atoms with Gasteiger partial charge < -0.3 is 20.4 Å². The van der Waals surface area contributed by atoms with Gasteiger partial charge in [0, 0.05) is 36.0 Å². The lowest BCUT2D eigenvalue weighted by atomic mass is 9.96. The van der Waals surface area contributed by atoms with Gasteiger partial charge in [0.15, 0.2) is 5.82 Å². The number of rotatable bonds is 9. The molecule has 2 aromatic carbocycles. The Morgan fingerprint density at radius 1 is 1.05 bits per heavy atom. The van der Waals surface area contributed by atoms with Gasteiger partial charge in [0.1, 0.15) is 18.2 Å². The molecule has 8 nitrogen and oxygen atoms in total. The first kappa shape index (κ1) is 25.6. The molecule has 3 aromatic heterocycles. The average Bonchev–Trinajstić information content (AvgIpc) is 3.80. The van der Waals surface area contributed by atoms with E-state index in [2.05, 4.69) is 40.4 Å². The van der Waals surface area contributed by atoms with Gasteiger partial charge in [-0.25, -0.2) is 4.98 Å². The summed E-state index contributed by atoms with van der Waals surface area (Å²) in [4.78, 5) is 17.0. The minimum atomic E-state index is 0.125. The number of benzene rings is 2.